The van der Waals surface area contributed by atoms with Crippen molar-refractivity contribution in [1.82, 2.24) is 4.57 Å². The molecule has 1 aromatic carbocycles. The molecule has 0 aliphatic carbocycles. The Bertz CT molecular complexity index is 753. The fourth-order valence-electron chi connectivity index (χ4n) is 2.22. The van der Waals surface area contributed by atoms with E-state index in [1.165, 1.54) is 0 Å². The van der Waals surface area contributed by atoms with E-state index < -0.39 is 0 Å². The maximum atomic E-state index is 11.6. The largest absolute Gasteiger partial charge is 0.472 e. The number of hydrogen-bond acceptors (Lipinski definition) is 4. The SMILES string of the molecule is CCn1c(=O)oc2cc(C(N)c3ccoc3)ccc21. The van der Waals surface area contributed by atoms with Gasteiger partial charge >= 0.3 is 5.76 Å². The Morgan fingerprint density at radius 3 is 2.84 bits per heavy atom. The Hall–Kier alpha value is -2.27. The van der Waals surface area contributed by atoms with Crippen LogP contribution < -0.4 is 11.5 Å². The lowest BCUT2D eigenvalue weighted by atomic mass is 10.0. The van der Waals surface area contributed by atoms with E-state index >= 15 is 0 Å². The van der Waals surface area contributed by atoms with Gasteiger partial charge in [0.1, 0.15) is 0 Å². The number of nitrogens with two attached hydrogens (primary N) is 1. The standard InChI is InChI=1S/C14H14N2O3/c1-2-16-11-4-3-9(7-12(11)19-14(16)17)13(15)10-5-6-18-8-10/h3-8,13H,2,15H2,1H3. The normalized spacial score (nSPS) is 12.9. The molecule has 2 heterocycles. The van der Waals surface area contributed by atoms with Crippen LogP contribution in [0.1, 0.15) is 24.1 Å². The van der Waals surface area contributed by atoms with Crippen LogP contribution >= 0.6 is 0 Å². The van der Waals surface area contributed by atoms with Gasteiger partial charge in [-0.3, -0.25) is 4.57 Å². The molecular formula is C14H14N2O3. The first-order valence-corrected chi connectivity index (χ1v) is 6.11. The van der Waals surface area contributed by atoms with E-state index in [-0.39, 0.29) is 11.8 Å². The van der Waals surface area contributed by atoms with Gasteiger partial charge in [-0.1, -0.05) is 6.07 Å². The van der Waals surface area contributed by atoms with Crippen LogP contribution in [0.3, 0.4) is 0 Å². The third-order valence-electron chi connectivity index (χ3n) is 3.27. The number of oxazole rings is 1. The quantitative estimate of drug-likeness (QED) is 0.782. The van der Waals surface area contributed by atoms with Crippen molar-refractivity contribution < 1.29 is 8.83 Å². The summed E-state index contributed by atoms with van der Waals surface area (Å²) < 4.78 is 11.8. The summed E-state index contributed by atoms with van der Waals surface area (Å²) in [5.74, 6) is -0.341. The van der Waals surface area contributed by atoms with Gasteiger partial charge in [0, 0.05) is 12.1 Å². The maximum Gasteiger partial charge on any atom is 0.419 e. The predicted molar refractivity (Wildman–Crippen MR) is 70.9 cm³/mol. The Morgan fingerprint density at radius 2 is 2.16 bits per heavy atom. The summed E-state index contributed by atoms with van der Waals surface area (Å²) in [6.45, 7) is 2.49. The molecule has 2 aromatic heterocycles. The van der Waals surface area contributed by atoms with Gasteiger partial charge in [0.15, 0.2) is 5.58 Å². The molecule has 0 fully saturated rings. The highest BCUT2D eigenvalue weighted by Crippen LogP contribution is 2.23. The van der Waals surface area contributed by atoms with Crippen LogP contribution in [-0.4, -0.2) is 4.57 Å². The van der Waals surface area contributed by atoms with Crippen LogP contribution in [0.15, 0.2) is 50.4 Å². The van der Waals surface area contributed by atoms with E-state index in [0.717, 1.165) is 16.6 Å². The summed E-state index contributed by atoms with van der Waals surface area (Å²) in [6.07, 6.45) is 3.20. The van der Waals surface area contributed by atoms with Crippen molar-refractivity contribution >= 4 is 11.1 Å². The lowest BCUT2D eigenvalue weighted by molar-refractivity contribution is 0.513. The van der Waals surface area contributed by atoms with E-state index in [1.54, 1.807) is 23.2 Å². The number of nitrogens with zero attached hydrogens (tertiary/aromatic N) is 1. The van der Waals surface area contributed by atoms with Gasteiger partial charge in [-0.05, 0) is 30.7 Å². The van der Waals surface area contributed by atoms with Gasteiger partial charge in [-0.25, -0.2) is 4.79 Å². The van der Waals surface area contributed by atoms with Crippen LogP contribution in [-0.2, 0) is 6.54 Å². The average molecular weight is 258 g/mol. The van der Waals surface area contributed by atoms with Crippen LogP contribution in [0.4, 0.5) is 0 Å². The highest BCUT2D eigenvalue weighted by atomic mass is 16.4. The molecule has 0 aliphatic heterocycles. The number of aromatic nitrogens is 1. The Morgan fingerprint density at radius 1 is 1.32 bits per heavy atom. The molecular weight excluding hydrogens is 244 g/mol. The Kier molecular flexibility index (Phi) is 2.76. The minimum Gasteiger partial charge on any atom is -0.472 e. The molecule has 98 valence electrons. The lowest BCUT2D eigenvalue weighted by Gasteiger charge is -2.09. The molecule has 0 amide bonds. The third kappa shape index (κ3) is 1.88. The lowest BCUT2D eigenvalue weighted by Crippen LogP contribution is -2.12. The van der Waals surface area contributed by atoms with Crippen molar-refractivity contribution in [2.75, 3.05) is 0 Å². The fourth-order valence-corrected chi connectivity index (χ4v) is 2.22. The van der Waals surface area contributed by atoms with E-state index in [1.807, 2.05) is 25.1 Å². The second-order valence-electron chi connectivity index (χ2n) is 4.37. The zero-order valence-electron chi connectivity index (χ0n) is 10.5. The van der Waals surface area contributed by atoms with Gasteiger partial charge in [-0.15, -0.1) is 0 Å². The average Bonchev–Trinajstić information content (AvgIpc) is 3.03. The van der Waals surface area contributed by atoms with Crippen molar-refractivity contribution in [3.8, 4) is 0 Å². The molecule has 1 atom stereocenters. The molecule has 0 aliphatic rings. The molecule has 5 heteroatoms. The summed E-state index contributed by atoms with van der Waals surface area (Å²) in [7, 11) is 0. The maximum absolute atomic E-state index is 11.6. The van der Waals surface area contributed by atoms with E-state index in [4.69, 9.17) is 14.6 Å². The highest BCUT2D eigenvalue weighted by molar-refractivity contribution is 5.74. The molecule has 1 unspecified atom stereocenters. The predicted octanol–water partition coefficient (Wildman–Crippen LogP) is 2.26. The summed E-state index contributed by atoms with van der Waals surface area (Å²) >= 11 is 0. The monoisotopic (exact) mass is 258 g/mol. The summed E-state index contributed by atoms with van der Waals surface area (Å²) in [5, 5.41) is 0. The first-order valence-electron chi connectivity index (χ1n) is 6.11. The zero-order chi connectivity index (χ0) is 13.4. The second-order valence-corrected chi connectivity index (χ2v) is 4.37. The van der Waals surface area contributed by atoms with Crippen LogP contribution in [0.25, 0.3) is 11.1 Å². The smallest absolute Gasteiger partial charge is 0.419 e. The number of furan rings is 1. The second kappa shape index (κ2) is 4.44. The topological polar surface area (TPSA) is 74.3 Å². The zero-order valence-corrected chi connectivity index (χ0v) is 10.5. The van der Waals surface area contributed by atoms with Crippen LogP contribution in [0.2, 0.25) is 0 Å². The molecule has 0 saturated heterocycles. The van der Waals surface area contributed by atoms with Gasteiger partial charge in [-0.2, -0.15) is 0 Å². The molecule has 19 heavy (non-hydrogen) atoms. The first-order chi connectivity index (χ1) is 9.20. The van der Waals surface area contributed by atoms with Crippen LogP contribution in [0, 0.1) is 0 Å². The van der Waals surface area contributed by atoms with Gasteiger partial charge in [0.2, 0.25) is 0 Å². The number of fused-ring (bicyclic) bond motifs is 1. The van der Waals surface area contributed by atoms with E-state index in [2.05, 4.69) is 0 Å². The van der Waals surface area contributed by atoms with Crippen molar-refractivity contribution in [3.63, 3.8) is 0 Å². The van der Waals surface area contributed by atoms with Crippen molar-refractivity contribution in [2.45, 2.75) is 19.5 Å². The minimum atomic E-state index is -0.341. The highest BCUT2D eigenvalue weighted by Gasteiger charge is 2.14. The summed E-state index contributed by atoms with van der Waals surface area (Å²) in [5.41, 5.74) is 9.26. The molecule has 3 aromatic rings. The van der Waals surface area contributed by atoms with Crippen molar-refractivity contribution in [3.05, 3.63) is 58.5 Å². The van der Waals surface area contributed by atoms with Gasteiger partial charge in [0.05, 0.1) is 24.1 Å². The molecule has 0 radical (unpaired) electrons. The molecule has 0 saturated carbocycles. The molecule has 2 N–H and O–H groups in total. The number of hydrogen-bond donors (Lipinski definition) is 1. The summed E-state index contributed by atoms with van der Waals surface area (Å²) in [4.78, 5) is 11.6. The number of benzene rings is 1. The fraction of sp³-hybridized carbons (Fsp3) is 0.214. The number of aryl methyl sites for hydroxylation is 1. The Labute approximate surface area is 109 Å². The third-order valence-corrected chi connectivity index (χ3v) is 3.27. The minimum absolute atomic E-state index is 0.293. The molecule has 0 bridgehead atoms. The molecule has 5 nitrogen and oxygen atoms in total. The van der Waals surface area contributed by atoms with Gasteiger partial charge < -0.3 is 14.6 Å². The summed E-state index contributed by atoms with van der Waals surface area (Å²) in [6, 6.07) is 7.10. The van der Waals surface area contributed by atoms with Crippen molar-refractivity contribution in [2.24, 2.45) is 5.73 Å². The first kappa shape index (κ1) is 11.8. The van der Waals surface area contributed by atoms with Crippen molar-refractivity contribution in [1.29, 1.82) is 0 Å². The van der Waals surface area contributed by atoms with Gasteiger partial charge in [0.25, 0.3) is 0 Å². The van der Waals surface area contributed by atoms with Crippen LogP contribution in [0.5, 0.6) is 0 Å². The van der Waals surface area contributed by atoms with E-state index in [0.29, 0.717) is 12.1 Å². The molecule has 3 rings (SSSR count). The number of rotatable bonds is 3. The van der Waals surface area contributed by atoms with E-state index in [9.17, 15) is 4.79 Å². The molecule has 0 spiro atoms. The Balaban J connectivity index is 2.10.